The number of hydrogen-bond donors (Lipinski definition) is 0. The van der Waals surface area contributed by atoms with Gasteiger partial charge in [-0.2, -0.15) is 0 Å². The standard InChI is InChI=1S/C15H22N2O/c1-12-5-4-10-17(11-12)15(18)13-6-8-14(9-7-13)16(2)3/h6-9,12H,4-5,10-11H2,1-3H3. The molecule has 98 valence electrons. The molecule has 1 aromatic rings. The maximum absolute atomic E-state index is 12.3. The van der Waals surface area contributed by atoms with Crippen molar-refractivity contribution in [1.82, 2.24) is 4.90 Å². The number of piperidine rings is 1. The smallest absolute Gasteiger partial charge is 0.253 e. The van der Waals surface area contributed by atoms with Gasteiger partial charge in [-0.3, -0.25) is 4.79 Å². The fraction of sp³-hybridized carbons (Fsp3) is 0.533. The first-order valence-corrected chi connectivity index (χ1v) is 6.64. The van der Waals surface area contributed by atoms with Crippen LogP contribution in [-0.4, -0.2) is 38.0 Å². The van der Waals surface area contributed by atoms with Crippen molar-refractivity contribution < 1.29 is 4.79 Å². The summed E-state index contributed by atoms with van der Waals surface area (Å²) in [6.45, 7) is 4.02. The lowest BCUT2D eigenvalue weighted by atomic mass is 9.99. The lowest BCUT2D eigenvalue weighted by Crippen LogP contribution is -2.39. The van der Waals surface area contributed by atoms with Gasteiger partial charge in [0.15, 0.2) is 0 Å². The molecule has 0 aromatic heterocycles. The molecule has 2 rings (SSSR count). The summed E-state index contributed by atoms with van der Waals surface area (Å²) >= 11 is 0. The second-order valence-electron chi connectivity index (χ2n) is 5.44. The number of amides is 1. The van der Waals surface area contributed by atoms with Gasteiger partial charge in [0.1, 0.15) is 0 Å². The van der Waals surface area contributed by atoms with Crippen molar-refractivity contribution in [2.45, 2.75) is 19.8 Å². The van der Waals surface area contributed by atoms with E-state index in [0.29, 0.717) is 5.92 Å². The predicted molar refractivity (Wildman–Crippen MR) is 75.1 cm³/mol. The SMILES string of the molecule is CC1CCCN(C(=O)c2ccc(N(C)C)cc2)C1. The minimum atomic E-state index is 0.173. The molecule has 1 atom stereocenters. The topological polar surface area (TPSA) is 23.6 Å². The van der Waals surface area contributed by atoms with Gasteiger partial charge in [0.2, 0.25) is 0 Å². The molecule has 1 saturated heterocycles. The van der Waals surface area contributed by atoms with E-state index in [2.05, 4.69) is 6.92 Å². The molecule has 1 aromatic carbocycles. The summed E-state index contributed by atoms with van der Waals surface area (Å²) < 4.78 is 0. The summed E-state index contributed by atoms with van der Waals surface area (Å²) in [7, 11) is 4.01. The third-order valence-electron chi connectivity index (χ3n) is 3.57. The Balaban J connectivity index is 2.08. The lowest BCUT2D eigenvalue weighted by molar-refractivity contribution is 0.0683. The van der Waals surface area contributed by atoms with E-state index in [1.54, 1.807) is 0 Å². The van der Waals surface area contributed by atoms with Gasteiger partial charge in [-0.05, 0) is 43.0 Å². The van der Waals surface area contributed by atoms with Crippen LogP contribution in [0.15, 0.2) is 24.3 Å². The van der Waals surface area contributed by atoms with Crippen molar-refractivity contribution in [1.29, 1.82) is 0 Å². The molecule has 1 aliphatic heterocycles. The number of hydrogen-bond acceptors (Lipinski definition) is 2. The number of nitrogens with zero attached hydrogens (tertiary/aromatic N) is 2. The van der Waals surface area contributed by atoms with E-state index in [1.807, 2.05) is 48.2 Å². The average molecular weight is 246 g/mol. The molecular weight excluding hydrogens is 224 g/mol. The minimum absolute atomic E-state index is 0.173. The van der Waals surface area contributed by atoms with E-state index in [4.69, 9.17) is 0 Å². The summed E-state index contributed by atoms with van der Waals surface area (Å²) in [6, 6.07) is 7.86. The van der Waals surface area contributed by atoms with Crippen molar-refractivity contribution in [2.75, 3.05) is 32.1 Å². The van der Waals surface area contributed by atoms with Gasteiger partial charge in [0.25, 0.3) is 5.91 Å². The van der Waals surface area contributed by atoms with Crippen molar-refractivity contribution >= 4 is 11.6 Å². The van der Waals surface area contributed by atoms with Gasteiger partial charge in [0, 0.05) is 38.4 Å². The van der Waals surface area contributed by atoms with E-state index in [-0.39, 0.29) is 5.91 Å². The van der Waals surface area contributed by atoms with Crippen LogP contribution in [0.2, 0.25) is 0 Å². The van der Waals surface area contributed by atoms with Crippen LogP contribution in [0.4, 0.5) is 5.69 Å². The second kappa shape index (κ2) is 5.42. The van der Waals surface area contributed by atoms with E-state index >= 15 is 0 Å². The maximum Gasteiger partial charge on any atom is 0.253 e. The van der Waals surface area contributed by atoms with E-state index in [0.717, 1.165) is 30.8 Å². The highest BCUT2D eigenvalue weighted by Gasteiger charge is 2.21. The molecule has 18 heavy (non-hydrogen) atoms. The van der Waals surface area contributed by atoms with Crippen molar-refractivity contribution in [3.63, 3.8) is 0 Å². The molecule has 1 aliphatic rings. The highest BCUT2D eigenvalue weighted by atomic mass is 16.2. The molecule has 1 unspecified atom stereocenters. The molecule has 1 amide bonds. The van der Waals surface area contributed by atoms with Crippen LogP contribution in [0.1, 0.15) is 30.1 Å². The predicted octanol–water partition coefficient (Wildman–Crippen LogP) is 2.62. The molecule has 0 aliphatic carbocycles. The van der Waals surface area contributed by atoms with Crippen molar-refractivity contribution in [3.8, 4) is 0 Å². The lowest BCUT2D eigenvalue weighted by Gasteiger charge is -2.31. The normalized spacial score (nSPS) is 19.7. The average Bonchev–Trinajstić information content (AvgIpc) is 2.38. The number of carbonyl (C=O) groups excluding carboxylic acids is 1. The zero-order chi connectivity index (χ0) is 13.1. The van der Waals surface area contributed by atoms with Gasteiger partial charge in [-0.15, -0.1) is 0 Å². The highest BCUT2D eigenvalue weighted by Crippen LogP contribution is 2.19. The van der Waals surface area contributed by atoms with Gasteiger partial charge < -0.3 is 9.80 Å². The monoisotopic (exact) mass is 246 g/mol. The fourth-order valence-corrected chi connectivity index (χ4v) is 2.46. The second-order valence-corrected chi connectivity index (χ2v) is 5.44. The number of anilines is 1. The molecule has 0 saturated carbocycles. The Morgan fingerprint density at radius 1 is 1.28 bits per heavy atom. The third-order valence-corrected chi connectivity index (χ3v) is 3.57. The van der Waals surface area contributed by atoms with Crippen LogP contribution in [0.3, 0.4) is 0 Å². The summed E-state index contributed by atoms with van der Waals surface area (Å²) in [5.74, 6) is 0.801. The summed E-state index contributed by atoms with van der Waals surface area (Å²) in [5, 5.41) is 0. The Labute approximate surface area is 109 Å². The Kier molecular flexibility index (Phi) is 3.90. The Bertz CT molecular complexity index is 411. The van der Waals surface area contributed by atoms with Crippen LogP contribution in [0.25, 0.3) is 0 Å². The van der Waals surface area contributed by atoms with Gasteiger partial charge in [-0.1, -0.05) is 6.92 Å². The molecule has 0 radical (unpaired) electrons. The van der Waals surface area contributed by atoms with Crippen LogP contribution in [0.5, 0.6) is 0 Å². The molecule has 0 spiro atoms. The third kappa shape index (κ3) is 2.84. The first-order valence-electron chi connectivity index (χ1n) is 6.64. The van der Waals surface area contributed by atoms with Gasteiger partial charge in [0.05, 0.1) is 0 Å². The molecule has 1 fully saturated rings. The first-order chi connectivity index (χ1) is 8.58. The molecule has 3 nitrogen and oxygen atoms in total. The molecule has 0 N–H and O–H groups in total. The quantitative estimate of drug-likeness (QED) is 0.801. The highest BCUT2D eigenvalue weighted by molar-refractivity contribution is 5.94. The van der Waals surface area contributed by atoms with Gasteiger partial charge in [-0.25, -0.2) is 0 Å². The Morgan fingerprint density at radius 3 is 2.50 bits per heavy atom. The molecule has 0 bridgehead atoms. The first kappa shape index (κ1) is 12.9. The number of carbonyl (C=O) groups is 1. The van der Waals surface area contributed by atoms with E-state index in [1.165, 1.54) is 6.42 Å². The summed E-state index contributed by atoms with van der Waals surface area (Å²) in [5.41, 5.74) is 1.92. The summed E-state index contributed by atoms with van der Waals surface area (Å²) in [6.07, 6.45) is 2.37. The Morgan fingerprint density at radius 2 is 1.94 bits per heavy atom. The van der Waals surface area contributed by atoms with Crippen LogP contribution in [0, 0.1) is 5.92 Å². The molecular formula is C15H22N2O. The zero-order valence-corrected chi connectivity index (χ0v) is 11.5. The molecule has 3 heteroatoms. The minimum Gasteiger partial charge on any atom is -0.378 e. The van der Waals surface area contributed by atoms with Crippen molar-refractivity contribution in [2.24, 2.45) is 5.92 Å². The van der Waals surface area contributed by atoms with E-state index < -0.39 is 0 Å². The Hall–Kier alpha value is -1.51. The van der Waals surface area contributed by atoms with E-state index in [9.17, 15) is 4.79 Å². The fourth-order valence-electron chi connectivity index (χ4n) is 2.46. The number of likely N-dealkylation sites (tertiary alicyclic amines) is 1. The molecule has 1 heterocycles. The maximum atomic E-state index is 12.3. The van der Waals surface area contributed by atoms with Gasteiger partial charge >= 0.3 is 0 Å². The number of benzene rings is 1. The van der Waals surface area contributed by atoms with Crippen LogP contribution < -0.4 is 4.90 Å². The number of rotatable bonds is 2. The largest absolute Gasteiger partial charge is 0.378 e. The van der Waals surface area contributed by atoms with Crippen LogP contribution >= 0.6 is 0 Å². The van der Waals surface area contributed by atoms with Crippen LogP contribution in [-0.2, 0) is 0 Å². The summed E-state index contributed by atoms with van der Waals surface area (Å²) in [4.78, 5) is 16.4. The van der Waals surface area contributed by atoms with Crippen molar-refractivity contribution in [3.05, 3.63) is 29.8 Å². The zero-order valence-electron chi connectivity index (χ0n) is 11.5.